The fourth-order valence-corrected chi connectivity index (χ4v) is 3.19. The van der Waals surface area contributed by atoms with E-state index in [1.54, 1.807) is 53.1 Å². The summed E-state index contributed by atoms with van der Waals surface area (Å²) in [7, 11) is 0. The molecule has 33 heavy (non-hydrogen) atoms. The van der Waals surface area contributed by atoms with Gasteiger partial charge in [-0.25, -0.2) is 14.4 Å². The summed E-state index contributed by atoms with van der Waals surface area (Å²) < 4.78 is 16.1. The van der Waals surface area contributed by atoms with Gasteiger partial charge in [0.1, 0.15) is 11.5 Å². The second kappa shape index (κ2) is 11.3. The Morgan fingerprint density at radius 1 is 1.00 bits per heavy atom. The number of aliphatic carboxylic acids is 1. The number of halogens is 1. The maximum Gasteiger partial charge on any atom is 0.409 e. The van der Waals surface area contributed by atoms with Gasteiger partial charge in [0.15, 0.2) is 12.4 Å². The van der Waals surface area contributed by atoms with Gasteiger partial charge in [-0.2, -0.15) is 0 Å². The molecule has 176 valence electrons. The van der Waals surface area contributed by atoms with Crippen LogP contribution < -0.4 is 14.8 Å². The third-order valence-electron chi connectivity index (χ3n) is 4.69. The van der Waals surface area contributed by atoms with E-state index in [0.29, 0.717) is 48.4 Å². The SMILES string of the molecule is CCOC(=O)N1CCN(C(=O)Nc2cc(OCC(=O)O)ccc2Oc2ccc(Cl)cc2)CC1. The number of carbonyl (C=O) groups is 3. The van der Waals surface area contributed by atoms with Crippen LogP contribution in [0.25, 0.3) is 0 Å². The fourth-order valence-electron chi connectivity index (χ4n) is 3.06. The van der Waals surface area contributed by atoms with Crippen molar-refractivity contribution in [1.82, 2.24) is 9.80 Å². The van der Waals surface area contributed by atoms with Crippen LogP contribution in [0.3, 0.4) is 0 Å². The molecule has 1 saturated heterocycles. The molecule has 3 rings (SSSR count). The number of nitrogens with one attached hydrogen (secondary N) is 1. The quantitative estimate of drug-likeness (QED) is 0.620. The van der Waals surface area contributed by atoms with Gasteiger partial charge in [-0.3, -0.25) is 0 Å². The molecule has 2 N–H and O–H groups in total. The first-order chi connectivity index (χ1) is 15.9. The summed E-state index contributed by atoms with van der Waals surface area (Å²) in [6, 6.07) is 10.9. The van der Waals surface area contributed by atoms with E-state index in [-0.39, 0.29) is 12.4 Å². The predicted molar refractivity (Wildman–Crippen MR) is 120 cm³/mol. The first-order valence-corrected chi connectivity index (χ1v) is 10.6. The Kier molecular flexibility index (Phi) is 8.20. The van der Waals surface area contributed by atoms with E-state index in [2.05, 4.69) is 5.32 Å². The molecule has 11 heteroatoms. The normalized spacial score (nSPS) is 13.3. The zero-order valence-corrected chi connectivity index (χ0v) is 18.7. The molecule has 2 aromatic carbocycles. The third-order valence-corrected chi connectivity index (χ3v) is 4.94. The molecule has 0 aromatic heterocycles. The summed E-state index contributed by atoms with van der Waals surface area (Å²) in [4.78, 5) is 38.7. The molecule has 0 spiro atoms. The lowest BCUT2D eigenvalue weighted by Gasteiger charge is -2.34. The van der Waals surface area contributed by atoms with Crippen molar-refractivity contribution in [2.45, 2.75) is 6.92 Å². The minimum absolute atomic E-state index is 0.253. The molecule has 0 unspecified atom stereocenters. The molecule has 0 radical (unpaired) electrons. The molecular formula is C22H24ClN3O7. The number of hydrogen-bond acceptors (Lipinski definition) is 6. The van der Waals surface area contributed by atoms with Gasteiger partial charge >= 0.3 is 18.1 Å². The van der Waals surface area contributed by atoms with Crippen molar-refractivity contribution in [2.24, 2.45) is 0 Å². The van der Waals surface area contributed by atoms with Crippen LogP contribution in [0.5, 0.6) is 17.2 Å². The van der Waals surface area contributed by atoms with E-state index in [4.69, 9.17) is 30.9 Å². The Morgan fingerprint density at radius 3 is 2.27 bits per heavy atom. The number of amides is 3. The largest absolute Gasteiger partial charge is 0.482 e. The predicted octanol–water partition coefficient (Wildman–Crippen LogP) is 3.90. The number of benzene rings is 2. The van der Waals surface area contributed by atoms with Crippen molar-refractivity contribution in [3.63, 3.8) is 0 Å². The average Bonchev–Trinajstić information content (AvgIpc) is 2.80. The van der Waals surface area contributed by atoms with Gasteiger partial charge in [0.25, 0.3) is 0 Å². The number of rotatable bonds is 7. The highest BCUT2D eigenvalue weighted by Gasteiger charge is 2.25. The summed E-state index contributed by atoms with van der Waals surface area (Å²) >= 11 is 5.91. The van der Waals surface area contributed by atoms with Crippen LogP contribution in [0, 0.1) is 0 Å². The number of carboxylic acid groups (broad SMARTS) is 1. The van der Waals surface area contributed by atoms with Gasteiger partial charge < -0.3 is 34.4 Å². The highest BCUT2D eigenvalue weighted by atomic mass is 35.5. The van der Waals surface area contributed by atoms with Crippen LogP contribution in [0.15, 0.2) is 42.5 Å². The number of anilines is 1. The number of hydrogen-bond donors (Lipinski definition) is 2. The minimum atomic E-state index is -1.12. The van der Waals surface area contributed by atoms with Crippen molar-refractivity contribution in [1.29, 1.82) is 0 Å². The van der Waals surface area contributed by atoms with Gasteiger partial charge in [-0.15, -0.1) is 0 Å². The van der Waals surface area contributed by atoms with E-state index >= 15 is 0 Å². The second-order valence-corrected chi connectivity index (χ2v) is 7.44. The lowest BCUT2D eigenvalue weighted by Crippen LogP contribution is -2.51. The van der Waals surface area contributed by atoms with Crippen LogP contribution in [-0.4, -0.2) is 72.4 Å². The number of carboxylic acids is 1. The summed E-state index contributed by atoms with van der Waals surface area (Å²) in [5, 5.41) is 12.2. The van der Waals surface area contributed by atoms with Crippen LogP contribution in [-0.2, 0) is 9.53 Å². The molecule has 3 amide bonds. The Balaban J connectivity index is 1.72. The van der Waals surface area contributed by atoms with E-state index in [9.17, 15) is 14.4 Å². The van der Waals surface area contributed by atoms with E-state index in [1.165, 1.54) is 6.07 Å². The van der Waals surface area contributed by atoms with Gasteiger partial charge in [0.2, 0.25) is 0 Å². The molecule has 1 fully saturated rings. The number of carbonyl (C=O) groups excluding carboxylic acids is 2. The summed E-state index contributed by atoms with van der Waals surface area (Å²) in [5.74, 6) is -0.0412. The van der Waals surface area contributed by atoms with E-state index in [1.807, 2.05) is 0 Å². The highest BCUT2D eigenvalue weighted by molar-refractivity contribution is 6.30. The van der Waals surface area contributed by atoms with E-state index in [0.717, 1.165) is 0 Å². The van der Waals surface area contributed by atoms with Crippen LogP contribution in [0.2, 0.25) is 5.02 Å². The van der Waals surface area contributed by atoms with Crippen molar-refractivity contribution in [3.8, 4) is 17.2 Å². The molecule has 0 aliphatic carbocycles. The molecular weight excluding hydrogens is 454 g/mol. The van der Waals surface area contributed by atoms with E-state index < -0.39 is 24.7 Å². The number of ether oxygens (including phenoxy) is 3. The lowest BCUT2D eigenvalue weighted by molar-refractivity contribution is -0.139. The highest BCUT2D eigenvalue weighted by Crippen LogP contribution is 2.33. The molecule has 1 aliphatic rings. The Hall–Kier alpha value is -3.66. The summed E-state index contributed by atoms with van der Waals surface area (Å²) in [5.41, 5.74) is 0.297. The lowest BCUT2D eigenvalue weighted by atomic mass is 10.2. The molecule has 0 atom stereocenters. The molecule has 10 nitrogen and oxygen atoms in total. The number of nitrogens with zero attached hydrogens (tertiary/aromatic N) is 2. The fraction of sp³-hybridized carbons (Fsp3) is 0.318. The molecule has 2 aromatic rings. The van der Waals surface area contributed by atoms with Gasteiger partial charge in [-0.1, -0.05) is 11.6 Å². The first-order valence-electron chi connectivity index (χ1n) is 10.3. The van der Waals surface area contributed by atoms with Crippen LogP contribution in [0.1, 0.15) is 6.92 Å². The number of piperazine rings is 1. The monoisotopic (exact) mass is 477 g/mol. The Bertz CT molecular complexity index is 992. The maximum absolute atomic E-state index is 12.9. The molecule has 0 saturated carbocycles. The topological polar surface area (TPSA) is 118 Å². The Morgan fingerprint density at radius 2 is 1.64 bits per heavy atom. The van der Waals surface area contributed by atoms with Crippen molar-refractivity contribution in [2.75, 3.05) is 44.7 Å². The molecule has 0 bridgehead atoms. The van der Waals surface area contributed by atoms with Crippen molar-refractivity contribution in [3.05, 3.63) is 47.5 Å². The van der Waals surface area contributed by atoms with Crippen molar-refractivity contribution >= 4 is 35.4 Å². The maximum atomic E-state index is 12.9. The van der Waals surface area contributed by atoms with Crippen molar-refractivity contribution < 1.29 is 33.7 Å². The van der Waals surface area contributed by atoms with Crippen LogP contribution >= 0.6 is 11.6 Å². The summed E-state index contributed by atoms with van der Waals surface area (Å²) in [6.45, 7) is 2.85. The third kappa shape index (κ3) is 6.91. The Labute approximate surface area is 195 Å². The second-order valence-electron chi connectivity index (χ2n) is 7.00. The first kappa shape index (κ1) is 24.0. The zero-order valence-electron chi connectivity index (χ0n) is 18.0. The molecule has 1 aliphatic heterocycles. The zero-order chi connectivity index (χ0) is 23.8. The van der Waals surface area contributed by atoms with Gasteiger partial charge in [-0.05, 0) is 43.3 Å². The average molecular weight is 478 g/mol. The standard InChI is InChI=1S/C22H24ClN3O7/c1-2-31-22(30)26-11-9-25(10-12-26)21(29)24-18-13-17(32-14-20(27)28)7-8-19(18)33-16-5-3-15(23)4-6-16/h3-8,13H,2,9-12,14H2,1H3,(H,24,29)(H,27,28). The van der Waals surface area contributed by atoms with Gasteiger partial charge in [0.05, 0.1) is 12.3 Å². The number of urea groups is 1. The summed E-state index contributed by atoms with van der Waals surface area (Å²) in [6.07, 6.45) is -0.403. The minimum Gasteiger partial charge on any atom is -0.482 e. The smallest absolute Gasteiger partial charge is 0.409 e. The van der Waals surface area contributed by atoms with Gasteiger partial charge in [0, 0.05) is 37.3 Å². The van der Waals surface area contributed by atoms with Crippen LogP contribution in [0.4, 0.5) is 15.3 Å². The molecule has 1 heterocycles.